The van der Waals surface area contributed by atoms with Crippen LogP contribution >= 0.6 is 29.6 Å². The van der Waals surface area contributed by atoms with Crippen LogP contribution in [0.25, 0.3) is 0 Å². The molecule has 0 aliphatic heterocycles. The van der Waals surface area contributed by atoms with E-state index in [1.54, 1.807) is 31.1 Å². The van der Waals surface area contributed by atoms with Gasteiger partial charge in [0.05, 0.1) is 0 Å². The Hall–Kier alpha value is 1.15. The summed E-state index contributed by atoms with van der Waals surface area (Å²) < 4.78 is 0. The molecule has 0 aromatic heterocycles. The first kappa shape index (κ1) is 36.7. The molecule has 194 valence electrons. The van der Waals surface area contributed by atoms with Crippen molar-refractivity contribution in [2.24, 2.45) is 0 Å². The van der Waals surface area contributed by atoms with Crippen molar-refractivity contribution < 1.29 is 0 Å². The van der Waals surface area contributed by atoms with E-state index in [9.17, 15) is 0 Å². The maximum absolute atomic E-state index is 2.39. The van der Waals surface area contributed by atoms with Crippen molar-refractivity contribution in [2.75, 3.05) is 24.6 Å². The second-order valence-corrected chi connectivity index (χ2v) is 15.2. The summed E-state index contributed by atoms with van der Waals surface area (Å²) in [4.78, 5) is 0. The van der Waals surface area contributed by atoms with Gasteiger partial charge in [-0.05, 0) is 0 Å². The van der Waals surface area contributed by atoms with Crippen LogP contribution in [0.5, 0.6) is 0 Å². The first-order valence-electron chi connectivity index (χ1n) is 14.2. The van der Waals surface area contributed by atoms with Gasteiger partial charge in [0.1, 0.15) is 0 Å². The van der Waals surface area contributed by atoms with Gasteiger partial charge < -0.3 is 0 Å². The standard InChI is InChI=1S/C28H61P.ClH.H3P/c1-5-9-13-14-15-16-17-18-19-20-21-22-23-24-28-29(25-10-6-2,26-11-7-3)27-12-8-4;;/h29H,5-28H2,1-4H3;1H;1H3. The van der Waals surface area contributed by atoms with Gasteiger partial charge in [-0.15, -0.1) is 12.4 Å². The monoisotopic (exact) mass is 498 g/mol. The molecule has 0 saturated carbocycles. The van der Waals surface area contributed by atoms with Crippen LogP contribution in [-0.2, 0) is 0 Å². The van der Waals surface area contributed by atoms with E-state index >= 15 is 0 Å². The zero-order chi connectivity index (χ0) is 21.5. The third-order valence-electron chi connectivity index (χ3n) is 7.24. The van der Waals surface area contributed by atoms with E-state index in [-0.39, 0.29) is 22.3 Å². The van der Waals surface area contributed by atoms with Crippen molar-refractivity contribution in [1.29, 1.82) is 0 Å². The van der Waals surface area contributed by atoms with Crippen LogP contribution in [0.4, 0.5) is 0 Å². The van der Waals surface area contributed by atoms with Gasteiger partial charge in [0.25, 0.3) is 0 Å². The quantitative estimate of drug-likeness (QED) is 0.0916. The van der Waals surface area contributed by atoms with Crippen molar-refractivity contribution in [3.63, 3.8) is 0 Å². The summed E-state index contributed by atoms with van der Waals surface area (Å²) in [5, 5.41) is 0. The summed E-state index contributed by atoms with van der Waals surface area (Å²) in [7, 11) is -0.961. The first-order valence-corrected chi connectivity index (χ1v) is 17.1. The van der Waals surface area contributed by atoms with Gasteiger partial charge in [-0.2, -0.15) is 9.90 Å². The summed E-state index contributed by atoms with van der Waals surface area (Å²) >= 11 is 0. The molecule has 0 heterocycles. The predicted molar refractivity (Wildman–Crippen MR) is 161 cm³/mol. The molecule has 1 atom stereocenters. The molecule has 0 spiro atoms. The van der Waals surface area contributed by atoms with Gasteiger partial charge in [-0.25, -0.2) is 0 Å². The van der Waals surface area contributed by atoms with Crippen molar-refractivity contribution in [3.05, 3.63) is 0 Å². The fourth-order valence-corrected chi connectivity index (χ4v) is 10.9. The molecule has 1 unspecified atom stereocenters. The minimum Gasteiger partial charge on any atom is -0.153 e. The van der Waals surface area contributed by atoms with E-state index < -0.39 is 7.26 Å². The fourth-order valence-electron chi connectivity index (χ4n) is 5.10. The summed E-state index contributed by atoms with van der Waals surface area (Å²) in [6, 6.07) is 0. The maximum atomic E-state index is 2.39. The van der Waals surface area contributed by atoms with Crippen molar-refractivity contribution in [3.8, 4) is 0 Å². The molecule has 0 aromatic carbocycles. The topological polar surface area (TPSA) is 0 Å². The van der Waals surface area contributed by atoms with Crippen molar-refractivity contribution in [2.45, 2.75) is 156 Å². The van der Waals surface area contributed by atoms with Crippen molar-refractivity contribution in [1.82, 2.24) is 0 Å². The Morgan fingerprint density at radius 3 is 0.839 bits per heavy atom. The van der Waals surface area contributed by atoms with Gasteiger partial charge in [0, 0.05) is 0 Å². The van der Waals surface area contributed by atoms with E-state index in [1.807, 2.05) is 0 Å². The summed E-state index contributed by atoms with van der Waals surface area (Å²) in [5.41, 5.74) is 0. The van der Waals surface area contributed by atoms with Crippen LogP contribution in [0.1, 0.15) is 156 Å². The van der Waals surface area contributed by atoms with Gasteiger partial charge in [-0.1, -0.05) is 26.2 Å². The van der Waals surface area contributed by atoms with E-state index in [2.05, 4.69) is 27.7 Å². The zero-order valence-electron chi connectivity index (χ0n) is 22.6. The average molecular weight is 499 g/mol. The number of unbranched alkanes of at least 4 members (excludes halogenated alkanes) is 16. The molecule has 0 rings (SSSR count). The molecule has 31 heavy (non-hydrogen) atoms. The predicted octanol–water partition coefficient (Wildman–Crippen LogP) is 11.1. The molecule has 0 fully saturated rings. The number of hydrogen-bond acceptors (Lipinski definition) is 0. The van der Waals surface area contributed by atoms with E-state index in [4.69, 9.17) is 0 Å². The molecule has 0 bridgehead atoms. The second kappa shape index (κ2) is 29.2. The smallest absolute Gasteiger partial charge is 0.147 e. The Labute approximate surface area is 210 Å². The molecular formula is C28H65ClP2. The van der Waals surface area contributed by atoms with Crippen LogP contribution in [-0.4, -0.2) is 24.6 Å². The molecule has 0 aliphatic carbocycles. The molecule has 0 aliphatic rings. The van der Waals surface area contributed by atoms with E-state index in [0.717, 1.165) is 0 Å². The minimum absolute atomic E-state index is 0. The molecule has 0 nitrogen and oxygen atoms in total. The molecular weight excluding hydrogens is 434 g/mol. The SMILES string of the molecule is CCCCCCCCCCCCCCCC[PH](CCCC)(CCCC)CCCC.Cl.P. The second-order valence-electron chi connectivity index (χ2n) is 10.2. The third kappa shape index (κ3) is 24.1. The zero-order valence-corrected chi connectivity index (χ0v) is 25.8. The van der Waals surface area contributed by atoms with Gasteiger partial charge in [0.2, 0.25) is 0 Å². The normalized spacial score (nSPS) is 11.7. The van der Waals surface area contributed by atoms with Gasteiger partial charge in [-0.3, -0.25) is 0 Å². The third-order valence-corrected chi connectivity index (χ3v) is 12.9. The minimum atomic E-state index is -0.961. The first-order chi connectivity index (χ1) is 14.2. The van der Waals surface area contributed by atoms with Gasteiger partial charge in [0.15, 0.2) is 0 Å². The van der Waals surface area contributed by atoms with Crippen LogP contribution in [0.3, 0.4) is 0 Å². The fraction of sp³-hybridized carbons (Fsp3) is 1.00. The average Bonchev–Trinajstić information content (AvgIpc) is 2.74. The van der Waals surface area contributed by atoms with Gasteiger partial charge >= 0.3 is 162 Å². The molecule has 0 radical (unpaired) electrons. The molecule has 0 N–H and O–H groups in total. The largest absolute Gasteiger partial charge is 0.153 e. The molecule has 3 heteroatoms. The maximum Gasteiger partial charge on any atom is -0.147 e. The number of rotatable bonds is 24. The van der Waals surface area contributed by atoms with Crippen LogP contribution < -0.4 is 0 Å². The Kier molecular flexibility index (Phi) is 34.6. The van der Waals surface area contributed by atoms with Crippen LogP contribution in [0, 0.1) is 0 Å². The number of hydrogen-bond donors (Lipinski definition) is 0. The Morgan fingerprint density at radius 1 is 0.323 bits per heavy atom. The summed E-state index contributed by atoms with van der Waals surface area (Å²) in [6.45, 7) is 9.49. The molecule has 0 amide bonds. The number of halogens is 1. The molecule has 0 aromatic rings. The Balaban J connectivity index is -0.00000392. The van der Waals surface area contributed by atoms with Crippen LogP contribution in [0.15, 0.2) is 0 Å². The summed E-state index contributed by atoms with van der Waals surface area (Å²) in [6.07, 6.45) is 36.2. The summed E-state index contributed by atoms with van der Waals surface area (Å²) in [5.74, 6) is 0. The van der Waals surface area contributed by atoms with E-state index in [1.165, 1.54) is 122 Å². The van der Waals surface area contributed by atoms with E-state index in [0.29, 0.717) is 0 Å². The Bertz CT molecular complexity index is 288. The van der Waals surface area contributed by atoms with Crippen molar-refractivity contribution >= 4 is 29.6 Å². The van der Waals surface area contributed by atoms with Crippen LogP contribution in [0.2, 0.25) is 0 Å². The molecule has 0 saturated heterocycles. The Morgan fingerprint density at radius 2 is 0.548 bits per heavy atom.